The number of anilines is 1. The first kappa shape index (κ1) is 23.3. The Morgan fingerprint density at radius 2 is 1.86 bits per heavy atom. The van der Waals surface area contributed by atoms with Gasteiger partial charge in [0.2, 0.25) is 12.2 Å². The Morgan fingerprint density at radius 3 is 2.54 bits per heavy atom. The molecule has 5 rings (SSSR count). The molecule has 0 saturated carbocycles. The fourth-order valence-corrected chi connectivity index (χ4v) is 4.11. The highest BCUT2D eigenvalue weighted by molar-refractivity contribution is 5.77. The Balaban J connectivity index is 1.47. The number of hydrogen-bond donors (Lipinski definition) is 4. The summed E-state index contributed by atoms with van der Waals surface area (Å²) < 4.78 is 25.0. The summed E-state index contributed by atoms with van der Waals surface area (Å²) in [5, 5.41) is 16.2. The van der Waals surface area contributed by atoms with Crippen LogP contribution in [0.15, 0.2) is 36.5 Å². The smallest absolute Gasteiger partial charge is 0.314 e. The molecular formula is C24H27FN6O4. The minimum atomic E-state index is -1.13. The van der Waals surface area contributed by atoms with Gasteiger partial charge in [-0.05, 0) is 63.2 Å². The fourth-order valence-electron chi connectivity index (χ4n) is 4.11. The predicted octanol–water partition coefficient (Wildman–Crippen LogP) is 2.97. The second-order valence-corrected chi connectivity index (χ2v) is 9.11. The van der Waals surface area contributed by atoms with Gasteiger partial charge in [-0.1, -0.05) is 0 Å². The summed E-state index contributed by atoms with van der Waals surface area (Å²) >= 11 is 0. The van der Waals surface area contributed by atoms with Crippen LogP contribution >= 0.6 is 0 Å². The van der Waals surface area contributed by atoms with E-state index in [1.807, 2.05) is 0 Å². The first-order chi connectivity index (χ1) is 16.9. The molecule has 2 aromatic heterocycles. The maximum Gasteiger partial charge on any atom is 0.314 e. The lowest BCUT2D eigenvalue weighted by molar-refractivity contribution is -0.236. The van der Waals surface area contributed by atoms with Gasteiger partial charge in [0.25, 0.3) is 0 Å². The summed E-state index contributed by atoms with van der Waals surface area (Å²) in [6.45, 7) is 3.41. The molecule has 3 aromatic rings. The van der Waals surface area contributed by atoms with Gasteiger partial charge in [0.05, 0.1) is 30.3 Å². The number of H-pyrrole nitrogens is 1. The summed E-state index contributed by atoms with van der Waals surface area (Å²) in [5.41, 5.74) is 1.29. The molecule has 0 unspecified atom stereocenters. The summed E-state index contributed by atoms with van der Waals surface area (Å²) in [4.78, 5) is 28.5. The Hall–Kier alpha value is -3.41. The number of aliphatic carboxylic acids is 1. The van der Waals surface area contributed by atoms with Crippen molar-refractivity contribution in [2.75, 3.05) is 31.6 Å². The molecule has 4 N–H and O–H groups in total. The monoisotopic (exact) mass is 482 g/mol. The van der Waals surface area contributed by atoms with E-state index >= 15 is 0 Å². The van der Waals surface area contributed by atoms with E-state index in [0.717, 1.165) is 25.9 Å². The van der Waals surface area contributed by atoms with Gasteiger partial charge < -0.3 is 30.2 Å². The molecule has 0 aliphatic carbocycles. The van der Waals surface area contributed by atoms with E-state index in [2.05, 4.69) is 25.6 Å². The quantitative estimate of drug-likeness (QED) is 0.418. The van der Waals surface area contributed by atoms with Gasteiger partial charge in [0.15, 0.2) is 5.82 Å². The molecule has 2 saturated heterocycles. The van der Waals surface area contributed by atoms with E-state index < -0.39 is 17.7 Å². The third-order valence-corrected chi connectivity index (χ3v) is 6.27. The number of carbonyl (C=O) groups is 1. The Kier molecular flexibility index (Phi) is 6.46. The van der Waals surface area contributed by atoms with Crippen LogP contribution in [-0.2, 0) is 14.3 Å². The van der Waals surface area contributed by atoms with E-state index in [9.17, 15) is 14.3 Å². The van der Waals surface area contributed by atoms with Crippen LogP contribution in [0, 0.1) is 11.2 Å². The van der Waals surface area contributed by atoms with Gasteiger partial charge in [-0.2, -0.15) is 0 Å². The normalized spacial score (nSPS) is 23.2. The van der Waals surface area contributed by atoms with Gasteiger partial charge in [-0.25, -0.2) is 19.3 Å². The zero-order valence-corrected chi connectivity index (χ0v) is 19.3. The number of hydrogen-bond acceptors (Lipinski definition) is 8. The maximum absolute atomic E-state index is 13.6. The number of rotatable bonds is 6. The molecule has 10 nitrogen and oxygen atoms in total. The van der Waals surface area contributed by atoms with Gasteiger partial charge in [-0.3, -0.25) is 4.79 Å². The zero-order valence-electron chi connectivity index (χ0n) is 19.3. The van der Waals surface area contributed by atoms with Crippen molar-refractivity contribution in [2.45, 2.75) is 32.1 Å². The van der Waals surface area contributed by atoms with Crippen molar-refractivity contribution in [3.63, 3.8) is 0 Å². The number of carboxylic acids is 1. The topological polar surface area (TPSA) is 134 Å². The minimum Gasteiger partial charge on any atom is -0.481 e. The minimum absolute atomic E-state index is 0.0211. The first-order valence-electron chi connectivity index (χ1n) is 11.5. The number of nitrogens with zero attached hydrogens (tertiary/aromatic N) is 3. The average molecular weight is 483 g/mol. The average Bonchev–Trinajstić information content (AvgIpc) is 3.31. The second-order valence-electron chi connectivity index (χ2n) is 9.11. The van der Waals surface area contributed by atoms with Gasteiger partial charge in [0.1, 0.15) is 11.2 Å². The van der Waals surface area contributed by atoms with Crippen molar-refractivity contribution in [3.8, 4) is 22.6 Å². The van der Waals surface area contributed by atoms with Crippen LogP contribution in [0.5, 0.6) is 0 Å². The standard InChI is InChI=1S/C24H27FN6O4/c1-24(22(32)33)12-34-21(35-13-24)20-30-18(14-2-4-15(25)5-3-14)19(31-20)17-8-11-27-23(29-17)28-16-6-9-26-10-7-16/h2-5,8,11,16,21,26H,6-7,9-10,12-13H2,1H3,(H,30,31)(H,32,33)(H,27,28,29). The number of imidazole rings is 1. The molecule has 184 valence electrons. The van der Waals surface area contributed by atoms with E-state index in [1.165, 1.54) is 12.1 Å². The third kappa shape index (κ3) is 5.02. The highest BCUT2D eigenvalue weighted by atomic mass is 19.1. The zero-order chi connectivity index (χ0) is 24.4. The van der Waals surface area contributed by atoms with Gasteiger partial charge in [-0.15, -0.1) is 0 Å². The molecular weight excluding hydrogens is 455 g/mol. The van der Waals surface area contributed by atoms with Crippen molar-refractivity contribution in [2.24, 2.45) is 5.41 Å². The maximum atomic E-state index is 13.6. The lowest BCUT2D eigenvalue weighted by Gasteiger charge is -2.33. The lowest BCUT2D eigenvalue weighted by Crippen LogP contribution is -2.42. The van der Waals surface area contributed by atoms with Crippen molar-refractivity contribution in [3.05, 3.63) is 48.2 Å². The lowest BCUT2D eigenvalue weighted by atomic mass is 9.92. The third-order valence-electron chi connectivity index (χ3n) is 6.27. The number of carboxylic acid groups (broad SMARTS) is 1. The molecule has 1 aromatic carbocycles. The highest BCUT2D eigenvalue weighted by Crippen LogP contribution is 2.35. The summed E-state index contributed by atoms with van der Waals surface area (Å²) in [6, 6.07) is 8.05. The summed E-state index contributed by atoms with van der Waals surface area (Å²) in [7, 11) is 0. The van der Waals surface area contributed by atoms with Crippen LogP contribution in [0.2, 0.25) is 0 Å². The molecule has 0 spiro atoms. The number of benzene rings is 1. The van der Waals surface area contributed by atoms with E-state index in [4.69, 9.17) is 14.5 Å². The largest absolute Gasteiger partial charge is 0.481 e. The highest BCUT2D eigenvalue weighted by Gasteiger charge is 2.41. The van der Waals surface area contributed by atoms with Crippen molar-refractivity contribution in [1.82, 2.24) is 25.3 Å². The molecule has 0 atom stereocenters. The van der Waals surface area contributed by atoms with Crippen LogP contribution in [0.1, 0.15) is 31.9 Å². The fraction of sp³-hybridized carbons (Fsp3) is 0.417. The van der Waals surface area contributed by atoms with E-state index in [0.29, 0.717) is 34.4 Å². The van der Waals surface area contributed by atoms with Crippen molar-refractivity contribution < 1.29 is 23.8 Å². The number of ether oxygens (including phenoxy) is 2. The summed E-state index contributed by atoms with van der Waals surface area (Å²) in [6.07, 6.45) is 2.76. The van der Waals surface area contributed by atoms with Crippen molar-refractivity contribution >= 4 is 11.9 Å². The molecule has 2 aliphatic heterocycles. The molecule has 35 heavy (non-hydrogen) atoms. The van der Waals surface area contributed by atoms with Crippen LogP contribution in [0.25, 0.3) is 22.6 Å². The summed E-state index contributed by atoms with van der Waals surface area (Å²) in [5.74, 6) is -0.456. The molecule has 2 aliphatic rings. The molecule has 0 amide bonds. The molecule has 0 radical (unpaired) electrons. The second kappa shape index (κ2) is 9.68. The van der Waals surface area contributed by atoms with Gasteiger partial charge in [0, 0.05) is 17.8 Å². The molecule has 0 bridgehead atoms. The Bertz CT molecular complexity index is 1190. The van der Waals surface area contributed by atoms with Crippen LogP contribution in [0.3, 0.4) is 0 Å². The van der Waals surface area contributed by atoms with E-state index in [1.54, 1.807) is 31.3 Å². The van der Waals surface area contributed by atoms with Crippen molar-refractivity contribution in [1.29, 1.82) is 0 Å². The van der Waals surface area contributed by atoms with Crippen LogP contribution < -0.4 is 10.6 Å². The van der Waals surface area contributed by atoms with Crippen LogP contribution in [-0.4, -0.2) is 63.4 Å². The molecule has 2 fully saturated rings. The number of aromatic amines is 1. The number of aromatic nitrogens is 4. The van der Waals surface area contributed by atoms with Gasteiger partial charge >= 0.3 is 5.97 Å². The SMILES string of the molecule is CC1(C(=O)O)COC(c2nc(-c3ccc(F)cc3)c(-c3ccnc(NC4CCNCC4)n3)[nH]2)OC1. The first-order valence-corrected chi connectivity index (χ1v) is 11.5. The molecule has 11 heteroatoms. The molecule has 4 heterocycles. The Morgan fingerprint density at radius 1 is 1.14 bits per heavy atom. The predicted molar refractivity (Wildman–Crippen MR) is 125 cm³/mol. The number of piperidine rings is 1. The number of nitrogens with one attached hydrogen (secondary N) is 3. The van der Waals surface area contributed by atoms with Crippen LogP contribution in [0.4, 0.5) is 10.3 Å². The Labute approximate surface area is 201 Å². The number of halogens is 1. The van der Waals surface area contributed by atoms with E-state index in [-0.39, 0.29) is 25.1 Å².